The summed E-state index contributed by atoms with van der Waals surface area (Å²) in [5.74, 6) is -0.469. The van der Waals surface area contributed by atoms with E-state index in [1.165, 1.54) is 7.11 Å². The van der Waals surface area contributed by atoms with Crippen molar-refractivity contribution in [2.45, 2.75) is 13.8 Å². The molecule has 0 spiro atoms. The molecule has 102 valence electrons. The minimum atomic E-state index is -0.469. The third kappa shape index (κ3) is 3.29. The lowest BCUT2D eigenvalue weighted by molar-refractivity contribution is 0.0343. The van der Waals surface area contributed by atoms with Crippen LogP contribution in [0.5, 0.6) is 0 Å². The Bertz CT molecular complexity index is 480. The van der Waals surface area contributed by atoms with Crippen LogP contribution in [0.15, 0.2) is 18.2 Å². The van der Waals surface area contributed by atoms with E-state index in [1.54, 1.807) is 18.2 Å². The maximum absolute atomic E-state index is 11.6. The second-order valence-corrected chi connectivity index (χ2v) is 5.76. The summed E-state index contributed by atoms with van der Waals surface area (Å²) in [6.07, 6.45) is 0. The number of hydrogen-bond acceptors (Lipinski definition) is 4. The lowest BCUT2D eigenvalue weighted by atomic mass is 9.75. The molecule has 0 amide bonds. The van der Waals surface area contributed by atoms with Crippen LogP contribution in [0.2, 0.25) is 5.02 Å². The van der Waals surface area contributed by atoms with E-state index in [0.717, 1.165) is 5.46 Å². The number of carbonyl (C=O) groups excluding carboxylic acids is 1. The van der Waals surface area contributed by atoms with Crippen molar-refractivity contribution in [2.75, 3.05) is 20.3 Å². The van der Waals surface area contributed by atoms with Crippen LogP contribution in [-0.4, -0.2) is 33.4 Å². The Morgan fingerprint density at radius 3 is 2.58 bits per heavy atom. The van der Waals surface area contributed by atoms with Crippen molar-refractivity contribution in [1.29, 1.82) is 0 Å². The Balaban J connectivity index is 2.20. The van der Waals surface area contributed by atoms with Crippen molar-refractivity contribution in [1.82, 2.24) is 0 Å². The third-order valence-electron chi connectivity index (χ3n) is 2.92. The number of carbonyl (C=O) groups is 1. The Morgan fingerprint density at radius 1 is 1.37 bits per heavy atom. The molecule has 1 aromatic carbocycles. The Kier molecular flexibility index (Phi) is 4.18. The number of halogens is 1. The fourth-order valence-electron chi connectivity index (χ4n) is 1.84. The highest BCUT2D eigenvalue weighted by atomic mass is 35.5. The van der Waals surface area contributed by atoms with E-state index < -0.39 is 13.1 Å². The Labute approximate surface area is 118 Å². The van der Waals surface area contributed by atoms with Gasteiger partial charge in [-0.15, -0.1) is 0 Å². The Hall–Kier alpha value is -1.04. The second kappa shape index (κ2) is 5.53. The normalized spacial score (nSPS) is 18.2. The molecule has 0 saturated carbocycles. The number of hydrogen-bond donors (Lipinski definition) is 0. The topological polar surface area (TPSA) is 44.8 Å². The zero-order valence-electron chi connectivity index (χ0n) is 11.2. The van der Waals surface area contributed by atoms with E-state index in [4.69, 9.17) is 20.9 Å². The summed E-state index contributed by atoms with van der Waals surface area (Å²) in [5, 5.41) is 0.353. The van der Waals surface area contributed by atoms with Gasteiger partial charge < -0.3 is 14.0 Å². The van der Waals surface area contributed by atoms with E-state index in [0.29, 0.717) is 23.8 Å². The van der Waals surface area contributed by atoms with Gasteiger partial charge in [-0.1, -0.05) is 31.5 Å². The van der Waals surface area contributed by atoms with Gasteiger partial charge in [0, 0.05) is 18.6 Å². The van der Waals surface area contributed by atoms with Gasteiger partial charge in [0.1, 0.15) is 0 Å². The average Bonchev–Trinajstić information content (AvgIpc) is 2.39. The van der Waals surface area contributed by atoms with Crippen molar-refractivity contribution < 1.29 is 18.8 Å². The molecule has 0 atom stereocenters. The molecule has 0 N–H and O–H groups in total. The molecule has 6 heteroatoms. The molecule has 4 nitrogen and oxygen atoms in total. The molecule has 2 rings (SSSR count). The molecule has 1 heterocycles. The lowest BCUT2D eigenvalue weighted by Gasteiger charge is -2.33. The van der Waals surface area contributed by atoms with Crippen LogP contribution in [0, 0.1) is 5.41 Å². The molecule has 1 saturated heterocycles. The van der Waals surface area contributed by atoms with Crippen molar-refractivity contribution >= 4 is 30.2 Å². The first-order valence-corrected chi connectivity index (χ1v) is 6.42. The zero-order chi connectivity index (χ0) is 14.0. The van der Waals surface area contributed by atoms with E-state index in [1.807, 2.05) is 0 Å². The summed E-state index contributed by atoms with van der Waals surface area (Å²) in [7, 11) is 0.857. The van der Waals surface area contributed by atoms with Crippen LogP contribution >= 0.6 is 11.6 Å². The van der Waals surface area contributed by atoms with Gasteiger partial charge in [0.25, 0.3) is 0 Å². The van der Waals surface area contributed by atoms with Gasteiger partial charge in [-0.2, -0.15) is 0 Å². The predicted octanol–water partition coefficient (Wildman–Crippen LogP) is 1.89. The van der Waals surface area contributed by atoms with Crippen LogP contribution in [0.25, 0.3) is 0 Å². The third-order valence-corrected chi connectivity index (χ3v) is 3.25. The van der Waals surface area contributed by atoms with Crippen LogP contribution in [0.1, 0.15) is 24.2 Å². The van der Waals surface area contributed by atoms with Crippen molar-refractivity contribution in [3.05, 3.63) is 28.8 Å². The summed E-state index contributed by atoms with van der Waals surface area (Å²) in [6, 6.07) is 5.09. The summed E-state index contributed by atoms with van der Waals surface area (Å²) in [6.45, 7) is 5.36. The molecule has 1 aliphatic heterocycles. The van der Waals surface area contributed by atoms with Gasteiger partial charge in [-0.25, -0.2) is 4.79 Å². The fraction of sp³-hybridized carbons (Fsp3) is 0.462. The zero-order valence-corrected chi connectivity index (χ0v) is 12.0. The summed E-state index contributed by atoms with van der Waals surface area (Å²) >= 11 is 5.97. The Morgan fingerprint density at radius 2 is 2.00 bits per heavy atom. The molecule has 19 heavy (non-hydrogen) atoms. The minimum absolute atomic E-state index is 0.00804. The van der Waals surface area contributed by atoms with Gasteiger partial charge >= 0.3 is 13.1 Å². The summed E-state index contributed by atoms with van der Waals surface area (Å²) < 4.78 is 16.0. The number of esters is 1. The van der Waals surface area contributed by atoms with Gasteiger partial charge in [0.15, 0.2) is 0 Å². The number of ether oxygens (including phenoxy) is 1. The predicted molar refractivity (Wildman–Crippen MR) is 73.9 cm³/mol. The summed E-state index contributed by atoms with van der Waals surface area (Å²) in [4.78, 5) is 11.6. The highest BCUT2D eigenvalue weighted by Gasteiger charge is 2.33. The van der Waals surface area contributed by atoms with Crippen molar-refractivity contribution in [3.8, 4) is 0 Å². The quantitative estimate of drug-likeness (QED) is 0.614. The first-order chi connectivity index (χ1) is 8.93. The monoisotopic (exact) mass is 282 g/mol. The lowest BCUT2D eigenvalue weighted by Crippen LogP contribution is -2.47. The average molecular weight is 283 g/mol. The summed E-state index contributed by atoms with van der Waals surface area (Å²) in [5.41, 5.74) is 1.09. The number of methoxy groups -OCH3 is 1. The molecule has 0 aromatic heterocycles. The molecule has 0 aliphatic carbocycles. The van der Waals surface area contributed by atoms with Crippen LogP contribution in [-0.2, 0) is 14.0 Å². The van der Waals surface area contributed by atoms with Gasteiger partial charge in [0.2, 0.25) is 0 Å². The van der Waals surface area contributed by atoms with Crippen molar-refractivity contribution in [2.24, 2.45) is 5.41 Å². The SMILES string of the molecule is COC(=O)c1cc(B2OCC(C)(C)CO2)ccc1Cl. The first kappa shape index (κ1) is 14.4. The molecule has 0 radical (unpaired) electrons. The van der Waals surface area contributed by atoms with Crippen molar-refractivity contribution in [3.63, 3.8) is 0 Å². The van der Waals surface area contributed by atoms with E-state index in [2.05, 4.69) is 18.6 Å². The highest BCUT2D eigenvalue weighted by Crippen LogP contribution is 2.22. The van der Waals surface area contributed by atoms with E-state index in [-0.39, 0.29) is 5.41 Å². The van der Waals surface area contributed by atoms with Crippen LogP contribution in [0.3, 0.4) is 0 Å². The smallest absolute Gasteiger partial charge is 0.465 e. The maximum Gasteiger partial charge on any atom is 0.493 e. The molecular formula is C13H16BClO4. The largest absolute Gasteiger partial charge is 0.493 e. The van der Waals surface area contributed by atoms with Gasteiger partial charge in [0.05, 0.1) is 17.7 Å². The molecular weight excluding hydrogens is 266 g/mol. The van der Waals surface area contributed by atoms with Crippen LogP contribution in [0.4, 0.5) is 0 Å². The van der Waals surface area contributed by atoms with Gasteiger partial charge in [-0.3, -0.25) is 0 Å². The highest BCUT2D eigenvalue weighted by molar-refractivity contribution is 6.61. The molecule has 0 unspecified atom stereocenters. The second-order valence-electron chi connectivity index (χ2n) is 5.35. The standard InChI is InChI=1S/C13H16BClO4/c1-13(2)7-18-14(19-8-13)9-4-5-11(15)10(6-9)12(16)17-3/h4-6H,7-8H2,1-3H3. The molecule has 0 bridgehead atoms. The fourth-order valence-corrected chi connectivity index (χ4v) is 2.04. The minimum Gasteiger partial charge on any atom is -0.465 e. The maximum atomic E-state index is 11.6. The van der Waals surface area contributed by atoms with Gasteiger partial charge in [-0.05, 0) is 17.6 Å². The number of rotatable bonds is 2. The first-order valence-electron chi connectivity index (χ1n) is 6.04. The van der Waals surface area contributed by atoms with Crippen LogP contribution < -0.4 is 5.46 Å². The molecule has 1 fully saturated rings. The number of benzene rings is 1. The molecule has 1 aromatic rings. The van der Waals surface area contributed by atoms with E-state index >= 15 is 0 Å². The molecule has 1 aliphatic rings. The van der Waals surface area contributed by atoms with E-state index in [9.17, 15) is 4.79 Å².